The van der Waals surface area contributed by atoms with Gasteiger partial charge in [-0.25, -0.2) is 4.79 Å². The second-order valence-corrected chi connectivity index (χ2v) is 7.69. The van der Waals surface area contributed by atoms with Crippen molar-refractivity contribution in [3.63, 3.8) is 0 Å². The zero-order chi connectivity index (χ0) is 21.1. The van der Waals surface area contributed by atoms with Gasteiger partial charge in [-0.2, -0.15) is 0 Å². The topological polar surface area (TPSA) is 97.4 Å². The van der Waals surface area contributed by atoms with E-state index in [0.717, 1.165) is 0 Å². The largest absolute Gasteiger partial charge is 0.419 e. The van der Waals surface area contributed by atoms with Crippen LogP contribution in [0.1, 0.15) is 29.6 Å². The van der Waals surface area contributed by atoms with E-state index in [0.29, 0.717) is 47.6 Å². The third-order valence-electron chi connectivity index (χ3n) is 5.27. The fraction of sp³-hybridized carbons (Fsp3) is 0.333. The lowest BCUT2D eigenvalue weighted by atomic mass is 10.0. The van der Waals surface area contributed by atoms with Gasteiger partial charge >= 0.3 is 5.76 Å². The van der Waals surface area contributed by atoms with E-state index in [1.165, 1.54) is 4.57 Å². The maximum atomic E-state index is 12.5. The van der Waals surface area contributed by atoms with E-state index < -0.39 is 5.76 Å². The van der Waals surface area contributed by atoms with Crippen LogP contribution in [0.3, 0.4) is 0 Å². The Kier molecular flexibility index (Phi) is 5.85. The number of carbonyl (C=O) groups excluding carboxylic acids is 2. The molecular weight excluding hydrogens is 408 g/mol. The number of carbonyl (C=O) groups is 2. The predicted molar refractivity (Wildman–Crippen MR) is 111 cm³/mol. The van der Waals surface area contributed by atoms with Crippen LogP contribution >= 0.6 is 11.6 Å². The van der Waals surface area contributed by atoms with Crippen LogP contribution in [-0.4, -0.2) is 45.4 Å². The quantitative estimate of drug-likeness (QED) is 0.673. The summed E-state index contributed by atoms with van der Waals surface area (Å²) in [6.07, 6.45) is 4.74. The molecule has 1 aliphatic heterocycles. The molecule has 4 rings (SSSR count). The SMILES string of the molecule is O=C(CCn1c(=O)oc2cc(Cl)ccc21)NC1CCN(C(=O)c2ccncc2)CC1. The summed E-state index contributed by atoms with van der Waals surface area (Å²) in [5.41, 5.74) is 1.63. The fourth-order valence-electron chi connectivity index (χ4n) is 3.67. The van der Waals surface area contributed by atoms with Crippen molar-refractivity contribution in [2.45, 2.75) is 31.8 Å². The summed E-state index contributed by atoms with van der Waals surface area (Å²) in [7, 11) is 0. The first-order valence-corrected chi connectivity index (χ1v) is 10.2. The minimum atomic E-state index is -0.511. The van der Waals surface area contributed by atoms with Crippen molar-refractivity contribution >= 4 is 34.5 Å². The van der Waals surface area contributed by atoms with Crippen molar-refractivity contribution in [1.82, 2.24) is 19.8 Å². The van der Waals surface area contributed by atoms with E-state index in [9.17, 15) is 14.4 Å². The van der Waals surface area contributed by atoms with Crippen LogP contribution < -0.4 is 11.1 Å². The highest BCUT2D eigenvalue weighted by molar-refractivity contribution is 6.31. The number of rotatable bonds is 5. The van der Waals surface area contributed by atoms with E-state index in [4.69, 9.17) is 16.0 Å². The van der Waals surface area contributed by atoms with Crippen LogP contribution in [-0.2, 0) is 11.3 Å². The number of halogens is 1. The molecule has 2 amide bonds. The number of hydrogen-bond acceptors (Lipinski definition) is 5. The fourth-order valence-corrected chi connectivity index (χ4v) is 3.83. The molecule has 3 aromatic rings. The molecule has 2 aromatic heterocycles. The normalized spacial score (nSPS) is 14.8. The minimum Gasteiger partial charge on any atom is -0.408 e. The molecule has 3 heterocycles. The average molecular weight is 429 g/mol. The molecule has 0 radical (unpaired) electrons. The van der Waals surface area contributed by atoms with E-state index in [1.54, 1.807) is 47.6 Å². The summed E-state index contributed by atoms with van der Waals surface area (Å²) in [5, 5.41) is 3.48. The van der Waals surface area contributed by atoms with Crippen molar-refractivity contribution in [1.29, 1.82) is 0 Å². The first-order valence-electron chi connectivity index (χ1n) is 9.79. The number of nitrogens with one attached hydrogen (secondary N) is 1. The van der Waals surface area contributed by atoms with Crippen molar-refractivity contribution in [3.05, 3.63) is 63.9 Å². The molecule has 1 aromatic carbocycles. The lowest BCUT2D eigenvalue weighted by molar-refractivity contribution is -0.122. The molecule has 0 aliphatic carbocycles. The lowest BCUT2D eigenvalue weighted by Crippen LogP contribution is -2.46. The molecule has 0 atom stereocenters. The highest BCUT2D eigenvalue weighted by Crippen LogP contribution is 2.19. The summed E-state index contributed by atoms with van der Waals surface area (Å²) in [6, 6.07) is 8.37. The van der Waals surface area contributed by atoms with Gasteiger partial charge in [-0.15, -0.1) is 0 Å². The second-order valence-electron chi connectivity index (χ2n) is 7.25. The Morgan fingerprint density at radius 1 is 1.17 bits per heavy atom. The molecule has 9 heteroatoms. The Morgan fingerprint density at radius 3 is 2.63 bits per heavy atom. The van der Waals surface area contributed by atoms with Gasteiger partial charge in [0.2, 0.25) is 5.91 Å². The van der Waals surface area contributed by atoms with Gasteiger partial charge < -0.3 is 14.6 Å². The number of piperidine rings is 1. The molecular formula is C21H21ClN4O4. The summed E-state index contributed by atoms with van der Waals surface area (Å²) in [5.74, 6) is -0.666. The summed E-state index contributed by atoms with van der Waals surface area (Å²) in [6.45, 7) is 1.38. The van der Waals surface area contributed by atoms with E-state index >= 15 is 0 Å². The van der Waals surface area contributed by atoms with Crippen LogP contribution in [0.4, 0.5) is 0 Å². The van der Waals surface area contributed by atoms with Crippen LogP contribution in [0, 0.1) is 0 Å². The van der Waals surface area contributed by atoms with E-state index in [2.05, 4.69) is 10.3 Å². The first-order chi connectivity index (χ1) is 14.5. The molecule has 8 nitrogen and oxygen atoms in total. The Balaban J connectivity index is 1.28. The number of nitrogens with zero attached hydrogens (tertiary/aromatic N) is 3. The Labute approximate surface area is 177 Å². The zero-order valence-electron chi connectivity index (χ0n) is 16.2. The summed E-state index contributed by atoms with van der Waals surface area (Å²) in [4.78, 5) is 42.6. The first kappa shape index (κ1) is 20.2. The third-order valence-corrected chi connectivity index (χ3v) is 5.50. The lowest BCUT2D eigenvalue weighted by Gasteiger charge is -2.32. The maximum Gasteiger partial charge on any atom is 0.419 e. The maximum absolute atomic E-state index is 12.5. The van der Waals surface area contributed by atoms with Crippen LogP contribution in [0.25, 0.3) is 11.1 Å². The molecule has 30 heavy (non-hydrogen) atoms. The van der Waals surface area contributed by atoms with Gasteiger partial charge in [0.1, 0.15) is 0 Å². The standard InChI is InChI=1S/C21H21ClN4O4/c22-15-1-2-17-18(13-15)30-21(29)26(17)12-7-19(27)24-16-5-10-25(11-6-16)20(28)14-3-8-23-9-4-14/h1-4,8-9,13,16H,5-7,10-12H2,(H,24,27). The molecule has 1 N–H and O–H groups in total. The van der Waals surface area contributed by atoms with Crippen LogP contribution in [0.15, 0.2) is 51.9 Å². The highest BCUT2D eigenvalue weighted by atomic mass is 35.5. The van der Waals surface area contributed by atoms with Crippen LogP contribution in [0.2, 0.25) is 5.02 Å². The number of aryl methyl sites for hydroxylation is 1. The number of oxazole rings is 1. The van der Waals surface area contributed by atoms with Gasteiger partial charge in [0.15, 0.2) is 5.58 Å². The van der Waals surface area contributed by atoms with Crippen molar-refractivity contribution < 1.29 is 14.0 Å². The second kappa shape index (κ2) is 8.71. The minimum absolute atomic E-state index is 0.00983. The number of fused-ring (bicyclic) bond motifs is 1. The summed E-state index contributed by atoms with van der Waals surface area (Å²) < 4.78 is 6.61. The van der Waals surface area contributed by atoms with Gasteiger partial charge in [-0.05, 0) is 37.1 Å². The highest BCUT2D eigenvalue weighted by Gasteiger charge is 2.24. The molecule has 1 fully saturated rings. The smallest absolute Gasteiger partial charge is 0.408 e. The van der Waals surface area contributed by atoms with Gasteiger partial charge in [-0.3, -0.25) is 19.1 Å². The van der Waals surface area contributed by atoms with Crippen molar-refractivity contribution in [2.75, 3.05) is 13.1 Å². The number of amides is 2. The molecule has 1 saturated heterocycles. The van der Waals surface area contributed by atoms with Gasteiger partial charge in [0.05, 0.1) is 5.52 Å². The Hall–Kier alpha value is -3.13. The van der Waals surface area contributed by atoms with Gasteiger partial charge in [-0.1, -0.05) is 11.6 Å². The summed E-state index contributed by atoms with van der Waals surface area (Å²) >= 11 is 5.92. The molecule has 0 spiro atoms. The number of aromatic nitrogens is 2. The molecule has 1 aliphatic rings. The Bertz CT molecular complexity index is 1120. The number of pyridine rings is 1. The van der Waals surface area contributed by atoms with Crippen molar-refractivity contribution in [3.8, 4) is 0 Å². The number of benzene rings is 1. The number of hydrogen-bond donors (Lipinski definition) is 1. The predicted octanol–water partition coefficient (Wildman–Crippen LogP) is 2.45. The number of likely N-dealkylation sites (tertiary alicyclic amines) is 1. The van der Waals surface area contributed by atoms with E-state index in [1.807, 2.05) is 0 Å². The van der Waals surface area contributed by atoms with Crippen LogP contribution in [0.5, 0.6) is 0 Å². The zero-order valence-corrected chi connectivity index (χ0v) is 17.0. The molecule has 0 saturated carbocycles. The third kappa shape index (κ3) is 4.38. The van der Waals surface area contributed by atoms with Gasteiger partial charge in [0, 0.05) is 61.1 Å². The average Bonchev–Trinajstić information content (AvgIpc) is 3.07. The van der Waals surface area contributed by atoms with E-state index in [-0.39, 0.29) is 30.8 Å². The molecule has 156 valence electrons. The molecule has 0 bridgehead atoms. The monoisotopic (exact) mass is 428 g/mol. The van der Waals surface area contributed by atoms with Gasteiger partial charge in [0.25, 0.3) is 5.91 Å². The van der Waals surface area contributed by atoms with Crippen molar-refractivity contribution in [2.24, 2.45) is 0 Å². The Morgan fingerprint density at radius 2 is 1.90 bits per heavy atom. The molecule has 0 unspecified atom stereocenters.